The standard InChI is InChI=1S/C14H22N2/c1-2-7-12-8-5-6-11-16(12)14-10-4-3-9-13(14)15/h3-4,9-10,12H,2,5-8,11,15H2,1H3. The number of para-hydroxylation sites is 2. The smallest absolute Gasteiger partial charge is 0.0602 e. The van der Waals surface area contributed by atoms with Crippen LogP contribution in [0.2, 0.25) is 0 Å². The second kappa shape index (κ2) is 5.24. The summed E-state index contributed by atoms with van der Waals surface area (Å²) in [5.41, 5.74) is 8.23. The summed E-state index contributed by atoms with van der Waals surface area (Å²) in [5.74, 6) is 0. The molecule has 1 atom stereocenters. The van der Waals surface area contributed by atoms with E-state index < -0.39 is 0 Å². The van der Waals surface area contributed by atoms with E-state index >= 15 is 0 Å². The third kappa shape index (κ3) is 2.31. The highest BCUT2D eigenvalue weighted by molar-refractivity contribution is 5.67. The summed E-state index contributed by atoms with van der Waals surface area (Å²) < 4.78 is 0. The van der Waals surface area contributed by atoms with Crippen molar-refractivity contribution in [1.82, 2.24) is 0 Å². The van der Waals surface area contributed by atoms with E-state index in [-0.39, 0.29) is 0 Å². The first kappa shape index (κ1) is 11.3. The molecular weight excluding hydrogens is 196 g/mol. The van der Waals surface area contributed by atoms with E-state index in [0.717, 1.165) is 5.69 Å². The van der Waals surface area contributed by atoms with Crippen molar-refractivity contribution in [2.24, 2.45) is 0 Å². The Bertz CT molecular complexity index is 333. The van der Waals surface area contributed by atoms with E-state index in [4.69, 9.17) is 5.73 Å². The second-order valence-corrected chi connectivity index (χ2v) is 4.69. The summed E-state index contributed by atoms with van der Waals surface area (Å²) in [4.78, 5) is 2.52. The molecule has 1 heterocycles. The molecule has 0 amide bonds. The molecular formula is C14H22N2. The quantitative estimate of drug-likeness (QED) is 0.788. The molecule has 88 valence electrons. The first-order valence-electron chi connectivity index (χ1n) is 6.44. The molecule has 1 aliphatic heterocycles. The molecule has 1 saturated heterocycles. The fraction of sp³-hybridized carbons (Fsp3) is 0.571. The minimum Gasteiger partial charge on any atom is -0.397 e. The zero-order valence-corrected chi connectivity index (χ0v) is 10.2. The molecule has 0 bridgehead atoms. The zero-order valence-electron chi connectivity index (χ0n) is 10.2. The fourth-order valence-electron chi connectivity index (χ4n) is 2.70. The molecule has 1 aromatic rings. The molecule has 2 N–H and O–H groups in total. The maximum atomic E-state index is 6.07. The van der Waals surface area contributed by atoms with Gasteiger partial charge in [-0.2, -0.15) is 0 Å². The topological polar surface area (TPSA) is 29.3 Å². The van der Waals surface area contributed by atoms with Crippen molar-refractivity contribution in [2.45, 2.75) is 45.1 Å². The van der Waals surface area contributed by atoms with Gasteiger partial charge in [-0.15, -0.1) is 0 Å². The Balaban J connectivity index is 2.19. The second-order valence-electron chi connectivity index (χ2n) is 4.69. The lowest BCUT2D eigenvalue weighted by Gasteiger charge is -2.38. The highest BCUT2D eigenvalue weighted by atomic mass is 15.2. The van der Waals surface area contributed by atoms with E-state index in [1.165, 1.54) is 44.3 Å². The number of rotatable bonds is 3. The van der Waals surface area contributed by atoms with E-state index in [1.54, 1.807) is 0 Å². The van der Waals surface area contributed by atoms with Crippen LogP contribution in [0.3, 0.4) is 0 Å². The normalized spacial score (nSPS) is 21.1. The minimum absolute atomic E-state index is 0.698. The predicted octanol–water partition coefficient (Wildman–Crippen LogP) is 3.43. The fourth-order valence-corrected chi connectivity index (χ4v) is 2.70. The van der Waals surface area contributed by atoms with Crippen LogP contribution in [-0.4, -0.2) is 12.6 Å². The Morgan fingerprint density at radius 2 is 2.12 bits per heavy atom. The highest BCUT2D eigenvalue weighted by Crippen LogP contribution is 2.30. The van der Waals surface area contributed by atoms with Gasteiger partial charge in [-0.3, -0.25) is 0 Å². The predicted molar refractivity (Wildman–Crippen MR) is 70.7 cm³/mol. The SMILES string of the molecule is CCCC1CCCCN1c1ccccc1N. The maximum absolute atomic E-state index is 6.07. The number of piperidine rings is 1. The first-order valence-corrected chi connectivity index (χ1v) is 6.44. The van der Waals surface area contributed by atoms with Gasteiger partial charge in [0, 0.05) is 12.6 Å². The lowest BCUT2D eigenvalue weighted by molar-refractivity contribution is 0.435. The molecule has 16 heavy (non-hydrogen) atoms. The number of anilines is 2. The van der Waals surface area contributed by atoms with Crippen molar-refractivity contribution in [1.29, 1.82) is 0 Å². The van der Waals surface area contributed by atoms with E-state index in [1.807, 2.05) is 12.1 Å². The van der Waals surface area contributed by atoms with Gasteiger partial charge in [-0.25, -0.2) is 0 Å². The van der Waals surface area contributed by atoms with Gasteiger partial charge in [0.25, 0.3) is 0 Å². The van der Waals surface area contributed by atoms with Crippen LogP contribution in [0.5, 0.6) is 0 Å². The van der Waals surface area contributed by atoms with Gasteiger partial charge in [0.05, 0.1) is 11.4 Å². The Morgan fingerprint density at radius 3 is 2.88 bits per heavy atom. The Kier molecular flexibility index (Phi) is 3.70. The number of nitrogens with zero attached hydrogens (tertiary/aromatic N) is 1. The third-order valence-electron chi connectivity index (χ3n) is 3.50. The van der Waals surface area contributed by atoms with Crippen molar-refractivity contribution >= 4 is 11.4 Å². The average molecular weight is 218 g/mol. The molecule has 1 fully saturated rings. The molecule has 2 rings (SSSR count). The Hall–Kier alpha value is -1.18. The molecule has 0 aliphatic carbocycles. The molecule has 1 unspecified atom stereocenters. The molecule has 2 heteroatoms. The maximum Gasteiger partial charge on any atom is 0.0602 e. The molecule has 2 nitrogen and oxygen atoms in total. The molecule has 0 aromatic heterocycles. The zero-order chi connectivity index (χ0) is 11.4. The van der Waals surface area contributed by atoms with Gasteiger partial charge >= 0.3 is 0 Å². The summed E-state index contributed by atoms with van der Waals surface area (Å²) in [6.07, 6.45) is 6.53. The summed E-state index contributed by atoms with van der Waals surface area (Å²) >= 11 is 0. The number of nitrogen functional groups attached to an aromatic ring is 1. The van der Waals surface area contributed by atoms with Gasteiger partial charge in [0.2, 0.25) is 0 Å². The Labute approximate surface area is 98.4 Å². The van der Waals surface area contributed by atoms with E-state index in [2.05, 4.69) is 24.0 Å². The number of hydrogen-bond acceptors (Lipinski definition) is 2. The molecule has 1 aromatic carbocycles. The van der Waals surface area contributed by atoms with E-state index in [9.17, 15) is 0 Å². The van der Waals surface area contributed by atoms with E-state index in [0.29, 0.717) is 6.04 Å². The van der Waals surface area contributed by atoms with Crippen LogP contribution in [0.15, 0.2) is 24.3 Å². The summed E-state index contributed by atoms with van der Waals surface area (Å²) in [7, 11) is 0. The van der Waals surface area contributed by atoms with Gasteiger partial charge in [-0.05, 0) is 37.8 Å². The first-order chi connectivity index (χ1) is 7.83. The highest BCUT2D eigenvalue weighted by Gasteiger charge is 2.22. The number of hydrogen-bond donors (Lipinski definition) is 1. The van der Waals surface area contributed by atoms with Crippen LogP contribution in [0.4, 0.5) is 11.4 Å². The van der Waals surface area contributed by atoms with Crippen LogP contribution in [0.1, 0.15) is 39.0 Å². The summed E-state index contributed by atoms with van der Waals surface area (Å²) in [6, 6.07) is 8.96. The van der Waals surface area contributed by atoms with Crippen LogP contribution in [-0.2, 0) is 0 Å². The van der Waals surface area contributed by atoms with Crippen molar-refractivity contribution in [3.8, 4) is 0 Å². The average Bonchev–Trinajstić information content (AvgIpc) is 2.31. The van der Waals surface area contributed by atoms with Crippen LogP contribution in [0.25, 0.3) is 0 Å². The molecule has 0 spiro atoms. The Morgan fingerprint density at radius 1 is 1.31 bits per heavy atom. The van der Waals surface area contributed by atoms with Gasteiger partial charge in [0.15, 0.2) is 0 Å². The van der Waals surface area contributed by atoms with Crippen LogP contribution in [0, 0.1) is 0 Å². The van der Waals surface area contributed by atoms with Crippen LogP contribution >= 0.6 is 0 Å². The molecule has 1 aliphatic rings. The van der Waals surface area contributed by atoms with Crippen molar-refractivity contribution < 1.29 is 0 Å². The molecule has 0 radical (unpaired) electrons. The molecule has 0 saturated carbocycles. The van der Waals surface area contributed by atoms with Crippen molar-refractivity contribution in [3.63, 3.8) is 0 Å². The van der Waals surface area contributed by atoms with Gasteiger partial charge < -0.3 is 10.6 Å². The lowest BCUT2D eigenvalue weighted by Crippen LogP contribution is -2.39. The van der Waals surface area contributed by atoms with Crippen LogP contribution < -0.4 is 10.6 Å². The van der Waals surface area contributed by atoms with Crippen molar-refractivity contribution in [3.05, 3.63) is 24.3 Å². The van der Waals surface area contributed by atoms with Gasteiger partial charge in [-0.1, -0.05) is 25.5 Å². The van der Waals surface area contributed by atoms with Crippen molar-refractivity contribution in [2.75, 3.05) is 17.2 Å². The monoisotopic (exact) mass is 218 g/mol. The lowest BCUT2D eigenvalue weighted by atomic mass is 9.97. The summed E-state index contributed by atoms with van der Waals surface area (Å²) in [6.45, 7) is 3.43. The third-order valence-corrected chi connectivity index (χ3v) is 3.50. The van der Waals surface area contributed by atoms with Gasteiger partial charge in [0.1, 0.15) is 0 Å². The minimum atomic E-state index is 0.698. The number of nitrogens with two attached hydrogens (primary N) is 1. The summed E-state index contributed by atoms with van der Waals surface area (Å²) in [5, 5.41) is 0. The number of benzene rings is 1. The largest absolute Gasteiger partial charge is 0.397 e.